The molecular formula is C22H22F2N2O4. The lowest BCUT2D eigenvalue weighted by Gasteiger charge is -2.17. The topological polar surface area (TPSA) is 81.3 Å². The van der Waals surface area contributed by atoms with E-state index in [0.29, 0.717) is 12.2 Å². The molecule has 0 saturated heterocycles. The molecule has 0 amide bonds. The first-order chi connectivity index (χ1) is 14.2. The number of Topliss-reactive ketones (excluding diaryl/α,β-unsaturated/α-hetero) is 1. The van der Waals surface area contributed by atoms with E-state index in [4.69, 9.17) is 9.47 Å². The number of esters is 1. The summed E-state index contributed by atoms with van der Waals surface area (Å²) in [5.41, 5.74) is 2.02. The number of carbonyl (C=O) groups excluding carboxylic acids is 2. The number of hydrogen-bond donors (Lipinski definition) is 0. The van der Waals surface area contributed by atoms with Gasteiger partial charge in [0.25, 0.3) is 0 Å². The normalized spacial score (nSPS) is 12.4. The third-order valence-electron chi connectivity index (χ3n) is 4.59. The second kappa shape index (κ2) is 9.94. The fourth-order valence-corrected chi connectivity index (χ4v) is 3.20. The number of nitriles is 1. The van der Waals surface area contributed by atoms with Crippen molar-refractivity contribution in [1.29, 1.82) is 5.26 Å². The van der Waals surface area contributed by atoms with Crippen molar-refractivity contribution < 1.29 is 27.8 Å². The molecule has 2 rings (SSSR count). The van der Waals surface area contributed by atoms with Crippen LogP contribution in [0, 0.1) is 36.8 Å². The van der Waals surface area contributed by atoms with Gasteiger partial charge in [-0.15, -0.1) is 0 Å². The largest absolute Gasteiger partial charge is 0.453 e. The zero-order chi connectivity index (χ0) is 22.4. The van der Waals surface area contributed by atoms with Crippen LogP contribution in [-0.4, -0.2) is 36.6 Å². The number of nitrogens with zero attached hydrogens (tertiary/aromatic N) is 2. The zero-order valence-corrected chi connectivity index (χ0v) is 17.2. The lowest BCUT2D eigenvalue weighted by atomic mass is 10.1. The van der Waals surface area contributed by atoms with Gasteiger partial charge in [0.05, 0.1) is 12.6 Å². The molecule has 0 bridgehead atoms. The predicted octanol–water partition coefficient (Wildman–Crippen LogP) is 3.92. The third-order valence-corrected chi connectivity index (χ3v) is 4.59. The lowest BCUT2D eigenvalue weighted by Crippen LogP contribution is -2.15. The molecular weight excluding hydrogens is 394 g/mol. The Labute approximate surface area is 173 Å². The van der Waals surface area contributed by atoms with Crippen molar-refractivity contribution >= 4 is 17.8 Å². The van der Waals surface area contributed by atoms with Crippen LogP contribution in [0.5, 0.6) is 0 Å². The summed E-state index contributed by atoms with van der Waals surface area (Å²) in [4.78, 5) is 24.3. The monoisotopic (exact) mass is 416 g/mol. The highest BCUT2D eigenvalue weighted by Gasteiger charge is 2.18. The number of hydrogen-bond acceptors (Lipinski definition) is 5. The van der Waals surface area contributed by atoms with Crippen molar-refractivity contribution in [2.45, 2.75) is 26.8 Å². The minimum Gasteiger partial charge on any atom is -0.453 e. The average Bonchev–Trinajstić information content (AvgIpc) is 2.99. The van der Waals surface area contributed by atoms with Crippen LogP contribution >= 0.6 is 0 Å². The van der Waals surface area contributed by atoms with Gasteiger partial charge in [0.15, 0.2) is 24.0 Å². The molecule has 0 radical (unpaired) electrons. The molecule has 0 aliphatic carbocycles. The minimum absolute atomic E-state index is 0.0587. The summed E-state index contributed by atoms with van der Waals surface area (Å²) in [6.07, 6.45) is 1.39. The summed E-state index contributed by atoms with van der Waals surface area (Å²) < 4.78 is 38.3. The Bertz CT molecular complexity index is 1030. The molecule has 0 aliphatic heterocycles. The molecule has 30 heavy (non-hydrogen) atoms. The Morgan fingerprint density at radius 3 is 2.53 bits per heavy atom. The van der Waals surface area contributed by atoms with Crippen molar-refractivity contribution in [3.05, 3.63) is 64.0 Å². The van der Waals surface area contributed by atoms with Gasteiger partial charge in [0.2, 0.25) is 0 Å². The van der Waals surface area contributed by atoms with E-state index in [0.717, 1.165) is 29.6 Å². The molecule has 1 heterocycles. The summed E-state index contributed by atoms with van der Waals surface area (Å²) in [6, 6.07) is 6.29. The maximum Gasteiger partial charge on any atom is 0.349 e. The average molecular weight is 416 g/mol. The molecule has 1 atom stereocenters. The van der Waals surface area contributed by atoms with Crippen molar-refractivity contribution in [1.82, 2.24) is 4.57 Å². The van der Waals surface area contributed by atoms with E-state index in [1.165, 1.54) is 6.08 Å². The second-order valence-corrected chi connectivity index (χ2v) is 6.80. The number of methoxy groups -OCH3 is 1. The van der Waals surface area contributed by atoms with E-state index in [1.807, 2.05) is 31.4 Å². The molecule has 0 saturated carbocycles. The number of halogens is 2. The Kier molecular flexibility index (Phi) is 7.61. The number of ketones is 1. The Morgan fingerprint density at radius 1 is 1.23 bits per heavy atom. The summed E-state index contributed by atoms with van der Waals surface area (Å²) >= 11 is 0. The lowest BCUT2D eigenvalue weighted by molar-refractivity contribution is -0.137. The van der Waals surface area contributed by atoms with Crippen LogP contribution < -0.4 is 0 Å². The molecule has 8 heteroatoms. The quantitative estimate of drug-likeness (QED) is 0.282. The fourth-order valence-electron chi connectivity index (χ4n) is 3.20. The van der Waals surface area contributed by atoms with E-state index >= 15 is 0 Å². The first kappa shape index (κ1) is 23.0. The summed E-state index contributed by atoms with van der Waals surface area (Å²) in [7, 11) is 1.61. The van der Waals surface area contributed by atoms with Crippen LogP contribution in [0.25, 0.3) is 6.08 Å². The summed E-state index contributed by atoms with van der Waals surface area (Å²) in [5.74, 6) is -3.97. The SMILES string of the molecule is COC[C@H](C)n1c(C)cc(/C=C(\C#N)C(=O)OCC(=O)c2ccc(F)c(F)c2)c1C. The predicted molar refractivity (Wildman–Crippen MR) is 106 cm³/mol. The molecule has 0 unspecified atom stereocenters. The highest BCUT2D eigenvalue weighted by atomic mass is 19.2. The molecule has 158 valence electrons. The Balaban J connectivity index is 2.15. The van der Waals surface area contributed by atoms with Crippen molar-refractivity contribution in [2.24, 2.45) is 0 Å². The molecule has 0 aliphatic rings. The number of carbonyl (C=O) groups is 2. The van der Waals surface area contributed by atoms with Gasteiger partial charge in [-0.05, 0) is 56.7 Å². The van der Waals surface area contributed by atoms with Crippen LogP contribution in [-0.2, 0) is 14.3 Å². The molecule has 6 nitrogen and oxygen atoms in total. The number of rotatable bonds is 8. The van der Waals surface area contributed by atoms with Crippen molar-refractivity contribution in [3.8, 4) is 6.07 Å². The van der Waals surface area contributed by atoms with Crippen LogP contribution in [0.2, 0.25) is 0 Å². The number of aromatic nitrogens is 1. The number of ether oxygens (including phenoxy) is 2. The maximum absolute atomic E-state index is 13.2. The van der Waals surface area contributed by atoms with E-state index in [2.05, 4.69) is 0 Å². The second-order valence-electron chi connectivity index (χ2n) is 6.80. The minimum atomic E-state index is -1.18. The molecule has 2 aromatic rings. The fraction of sp³-hybridized carbons (Fsp3) is 0.318. The van der Waals surface area contributed by atoms with Gasteiger partial charge in [-0.1, -0.05) is 0 Å². The van der Waals surface area contributed by atoms with E-state index in [1.54, 1.807) is 13.2 Å². The van der Waals surface area contributed by atoms with Gasteiger partial charge < -0.3 is 14.0 Å². The van der Waals surface area contributed by atoms with Crippen LogP contribution in [0.1, 0.15) is 40.3 Å². The van der Waals surface area contributed by atoms with Gasteiger partial charge in [-0.3, -0.25) is 4.79 Å². The smallest absolute Gasteiger partial charge is 0.349 e. The van der Waals surface area contributed by atoms with Crippen LogP contribution in [0.3, 0.4) is 0 Å². The summed E-state index contributed by atoms with van der Waals surface area (Å²) in [5, 5.41) is 9.35. The van der Waals surface area contributed by atoms with E-state index in [9.17, 15) is 23.6 Å². The molecule has 0 fully saturated rings. The first-order valence-corrected chi connectivity index (χ1v) is 9.14. The number of benzene rings is 1. The molecule has 1 aromatic carbocycles. The highest BCUT2D eigenvalue weighted by Crippen LogP contribution is 2.23. The van der Waals surface area contributed by atoms with Crippen LogP contribution in [0.4, 0.5) is 8.78 Å². The Morgan fingerprint density at radius 2 is 1.93 bits per heavy atom. The van der Waals surface area contributed by atoms with E-state index in [-0.39, 0.29) is 17.2 Å². The summed E-state index contributed by atoms with van der Waals surface area (Å²) in [6.45, 7) is 5.55. The standard InChI is InChI=1S/C22H22F2N2O4/c1-13-7-17(15(3)26(13)14(2)11-29-4)8-18(10-25)22(28)30-12-21(27)16-5-6-19(23)20(24)9-16/h5-9,14H,11-12H2,1-4H3/b18-8+/t14-/m0/s1. The maximum atomic E-state index is 13.2. The van der Waals surface area contributed by atoms with Crippen molar-refractivity contribution in [2.75, 3.05) is 20.3 Å². The molecule has 1 aromatic heterocycles. The highest BCUT2D eigenvalue weighted by molar-refractivity contribution is 6.02. The van der Waals surface area contributed by atoms with Gasteiger partial charge in [-0.25, -0.2) is 13.6 Å². The van der Waals surface area contributed by atoms with Gasteiger partial charge in [-0.2, -0.15) is 5.26 Å². The molecule has 0 N–H and O–H groups in total. The molecule has 0 spiro atoms. The first-order valence-electron chi connectivity index (χ1n) is 9.14. The number of aryl methyl sites for hydroxylation is 1. The third kappa shape index (κ3) is 5.19. The van der Waals surface area contributed by atoms with Crippen LogP contribution in [0.15, 0.2) is 29.8 Å². The van der Waals surface area contributed by atoms with Gasteiger partial charge in [0, 0.05) is 24.1 Å². The van der Waals surface area contributed by atoms with E-state index < -0.39 is 30.0 Å². The zero-order valence-electron chi connectivity index (χ0n) is 17.2. The van der Waals surface area contributed by atoms with Crippen molar-refractivity contribution in [3.63, 3.8) is 0 Å². The van der Waals surface area contributed by atoms with Gasteiger partial charge >= 0.3 is 5.97 Å². The van der Waals surface area contributed by atoms with Gasteiger partial charge in [0.1, 0.15) is 11.6 Å². The Hall–Kier alpha value is -3.31.